The van der Waals surface area contributed by atoms with Gasteiger partial charge in [-0.05, 0) is 82.6 Å². The van der Waals surface area contributed by atoms with E-state index in [1.807, 2.05) is 50.2 Å². The van der Waals surface area contributed by atoms with Crippen molar-refractivity contribution in [2.75, 3.05) is 27.3 Å². The Morgan fingerprint density at radius 3 is 1.37 bits per heavy atom. The van der Waals surface area contributed by atoms with Crippen LogP contribution in [0.15, 0.2) is 60.7 Å². The van der Waals surface area contributed by atoms with Gasteiger partial charge in [0, 0.05) is 37.3 Å². The Bertz CT molecular complexity index is 1610. The molecule has 0 aliphatic rings. The van der Waals surface area contributed by atoms with Crippen LogP contribution in [-0.2, 0) is 22.7 Å². The van der Waals surface area contributed by atoms with Gasteiger partial charge in [0.15, 0.2) is 0 Å². The van der Waals surface area contributed by atoms with E-state index in [9.17, 15) is 9.59 Å². The first-order valence-electron chi connectivity index (χ1n) is 14.8. The fourth-order valence-corrected chi connectivity index (χ4v) is 5.54. The van der Waals surface area contributed by atoms with Gasteiger partial charge in [0.05, 0.1) is 27.1 Å². The van der Waals surface area contributed by atoms with E-state index in [2.05, 4.69) is 10.6 Å². The van der Waals surface area contributed by atoms with Gasteiger partial charge in [0.25, 0.3) is 0 Å². The van der Waals surface area contributed by atoms with Gasteiger partial charge in [0.2, 0.25) is 0 Å². The lowest BCUT2D eigenvalue weighted by Crippen LogP contribution is -2.19. The van der Waals surface area contributed by atoms with E-state index >= 15 is 8.78 Å². The number of rotatable bonds is 15. The average Bonchev–Trinajstić information content (AvgIpc) is 3.02. The third kappa shape index (κ3) is 7.88. The van der Waals surface area contributed by atoms with Crippen LogP contribution in [0.4, 0.5) is 8.78 Å². The number of aliphatic carboxylic acids is 2. The van der Waals surface area contributed by atoms with Crippen molar-refractivity contribution in [2.45, 2.75) is 39.8 Å². The second-order valence-electron chi connectivity index (χ2n) is 10.9. The quantitative estimate of drug-likeness (QED) is 0.107. The van der Waals surface area contributed by atoms with Gasteiger partial charge in [-0.3, -0.25) is 9.59 Å². The Labute approximate surface area is 267 Å². The van der Waals surface area contributed by atoms with E-state index < -0.39 is 23.6 Å². The highest BCUT2D eigenvalue weighted by Crippen LogP contribution is 2.39. The summed E-state index contributed by atoms with van der Waals surface area (Å²) in [5, 5.41) is 23.6. The van der Waals surface area contributed by atoms with Crippen LogP contribution in [-0.4, -0.2) is 49.5 Å². The van der Waals surface area contributed by atoms with Crippen molar-refractivity contribution < 1.29 is 38.1 Å². The first kappa shape index (κ1) is 34.1. The fourth-order valence-electron chi connectivity index (χ4n) is 5.54. The third-order valence-electron chi connectivity index (χ3n) is 7.96. The number of halogens is 2. The lowest BCUT2D eigenvalue weighted by molar-refractivity contribution is -0.137. The van der Waals surface area contributed by atoms with Gasteiger partial charge in [-0.25, -0.2) is 8.78 Å². The van der Waals surface area contributed by atoms with E-state index in [0.717, 1.165) is 33.4 Å². The molecule has 46 heavy (non-hydrogen) atoms. The topological polar surface area (TPSA) is 117 Å². The molecule has 4 aromatic carbocycles. The molecule has 0 heterocycles. The molecule has 0 aliphatic heterocycles. The zero-order valence-corrected chi connectivity index (χ0v) is 26.3. The van der Waals surface area contributed by atoms with Crippen molar-refractivity contribution in [3.63, 3.8) is 0 Å². The normalized spacial score (nSPS) is 11.0. The maximum absolute atomic E-state index is 15.4. The van der Waals surface area contributed by atoms with Crippen LogP contribution in [0.3, 0.4) is 0 Å². The van der Waals surface area contributed by atoms with E-state index in [4.69, 9.17) is 19.7 Å². The van der Waals surface area contributed by atoms with Crippen molar-refractivity contribution in [1.29, 1.82) is 0 Å². The van der Waals surface area contributed by atoms with Crippen LogP contribution in [0, 0.1) is 25.5 Å². The molecular formula is C36H38F2N2O6. The smallest absolute Gasteiger partial charge is 0.304 e. The number of carboxylic acid groups (broad SMARTS) is 2. The van der Waals surface area contributed by atoms with Gasteiger partial charge < -0.3 is 30.3 Å². The predicted molar refractivity (Wildman–Crippen MR) is 173 cm³/mol. The Hall–Kier alpha value is -4.80. The summed E-state index contributed by atoms with van der Waals surface area (Å²) in [6.07, 6.45) is -0.147. The summed E-state index contributed by atoms with van der Waals surface area (Å²) in [6.45, 7) is 4.60. The van der Waals surface area contributed by atoms with Crippen molar-refractivity contribution in [2.24, 2.45) is 0 Å². The summed E-state index contributed by atoms with van der Waals surface area (Å²) in [7, 11) is 2.94. The Balaban J connectivity index is 1.68. The molecule has 4 aromatic rings. The van der Waals surface area contributed by atoms with Crippen molar-refractivity contribution in [1.82, 2.24) is 10.6 Å². The Morgan fingerprint density at radius 1 is 0.652 bits per heavy atom. The Kier molecular flexibility index (Phi) is 11.5. The lowest BCUT2D eigenvalue weighted by Gasteiger charge is -2.19. The number of nitrogens with one attached hydrogen (secondary N) is 2. The average molecular weight is 633 g/mol. The van der Waals surface area contributed by atoms with Crippen LogP contribution < -0.4 is 20.1 Å². The minimum atomic E-state index is -0.935. The van der Waals surface area contributed by atoms with Crippen molar-refractivity contribution in [3.8, 4) is 44.9 Å². The summed E-state index contributed by atoms with van der Waals surface area (Å²) >= 11 is 0. The molecule has 4 rings (SSSR count). The van der Waals surface area contributed by atoms with E-state index in [1.54, 1.807) is 12.1 Å². The predicted octanol–water partition coefficient (Wildman–Crippen LogP) is 6.73. The summed E-state index contributed by atoms with van der Waals surface area (Å²) in [6, 6.07) is 18.1. The SMILES string of the molecule is COc1cc(-c2cccc(-c3cccc(-c4cc(F)c(CNCCC(=O)O)c(OC)c4)c3C)c2C)cc(F)c1CNCCC(=O)O. The highest BCUT2D eigenvalue weighted by Gasteiger charge is 2.19. The molecular weight excluding hydrogens is 594 g/mol. The highest BCUT2D eigenvalue weighted by molar-refractivity contribution is 5.84. The molecule has 0 amide bonds. The number of benzene rings is 4. The molecule has 4 N–H and O–H groups in total. The van der Waals surface area contributed by atoms with Gasteiger partial charge in [0.1, 0.15) is 23.1 Å². The molecule has 0 radical (unpaired) electrons. The monoisotopic (exact) mass is 632 g/mol. The van der Waals surface area contributed by atoms with Crippen molar-refractivity contribution in [3.05, 3.63) is 94.6 Å². The second-order valence-corrected chi connectivity index (χ2v) is 10.9. The summed E-state index contributed by atoms with van der Waals surface area (Å²) in [5.41, 5.74) is 7.25. The third-order valence-corrected chi connectivity index (χ3v) is 7.96. The van der Waals surface area contributed by atoms with Crippen LogP contribution in [0.2, 0.25) is 0 Å². The zero-order valence-electron chi connectivity index (χ0n) is 26.3. The number of carboxylic acids is 2. The van der Waals surface area contributed by atoms with Crippen molar-refractivity contribution >= 4 is 11.9 Å². The first-order chi connectivity index (χ1) is 22.0. The van der Waals surface area contributed by atoms with Crippen LogP contribution in [0.25, 0.3) is 33.4 Å². The molecule has 8 nitrogen and oxygen atoms in total. The van der Waals surface area contributed by atoms with Crippen LogP contribution in [0.1, 0.15) is 35.1 Å². The largest absolute Gasteiger partial charge is 0.496 e. The lowest BCUT2D eigenvalue weighted by atomic mass is 9.87. The molecule has 242 valence electrons. The van der Waals surface area contributed by atoms with Crippen LogP contribution in [0.5, 0.6) is 11.5 Å². The first-order valence-corrected chi connectivity index (χ1v) is 14.8. The minimum absolute atomic E-state index is 0.0733. The molecule has 0 aromatic heterocycles. The van der Waals surface area contributed by atoms with Gasteiger partial charge in [-0.15, -0.1) is 0 Å². The molecule has 0 fully saturated rings. The molecule has 0 saturated heterocycles. The van der Waals surface area contributed by atoms with Gasteiger partial charge >= 0.3 is 11.9 Å². The minimum Gasteiger partial charge on any atom is -0.496 e. The molecule has 0 atom stereocenters. The number of ether oxygens (including phenoxy) is 2. The highest BCUT2D eigenvalue weighted by atomic mass is 19.1. The molecule has 0 unspecified atom stereocenters. The molecule has 0 spiro atoms. The number of hydrogen-bond donors (Lipinski definition) is 4. The Morgan fingerprint density at radius 2 is 1.02 bits per heavy atom. The van der Waals surface area contributed by atoms with E-state index in [-0.39, 0.29) is 39.0 Å². The number of methoxy groups -OCH3 is 2. The van der Waals surface area contributed by atoms with E-state index in [1.165, 1.54) is 26.4 Å². The zero-order chi connectivity index (χ0) is 33.4. The number of carbonyl (C=O) groups is 2. The molecule has 0 bridgehead atoms. The van der Waals surface area contributed by atoms with E-state index in [0.29, 0.717) is 33.8 Å². The van der Waals surface area contributed by atoms with Gasteiger partial charge in [-0.1, -0.05) is 36.4 Å². The maximum atomic E-state index is 15.4. The summed E-state index contributed by atoms with van der Waals surface area (Å²) in [4.78, 5) is 21.6. The number of hydrogen-bond acceptors (Lipinski definition) is 6. The fraction of sp³-hybridized carbons (Fsp3) is 0.278. The maximum Gasteiger partial charge on any atom is 0.304 e. The van der Waals surface area contributed by atoms with Crippen LogP contribution >= 0.6 is 0 Å². The second kappa shape index (κ2) is 15.5. The molecule has 0 aliphatic carbocycles. The summed E-state index contributed by atoms with van der Waals surface area (Å²) < 4.78 is 41.8. The summed E-state index contributed by atoms with van der Waals surface area (Å²) in [5.74, 6) is -2.08. The molecule has 10 heteroatoms. The molecule has 0 saturated carbocycles. The standard InChI is InChI=1S/C36H38F2N2O6/c1-21-25(23-15-31(37)29(33(17-23)45-3)19-39-13-11-35(41)42)7-5-9-27(21)28-10-6-8-26(22(28)2)24-16-32(38)30(34(18-24)46-4)20-40-14-12-36(43)44/h5-10,15-18,39-40H,11-14,19-20H2,1-4H3,(H,41,42)(H,43,44). The van der Waals surface area contributed by atoms with Gasteiger partial charge in [-0.2, -0.15) is 0 Å².